The molecule has 1 atom stereocenters. The molecule has 70 valence electrons. The Hall–Kier alpha value is -1.23. The molecule has 0 fully saturated rings. The molecule has 0 aliphatic carbocycles. The second kappa shape index (κ2) is 5.42. The highest BCUT2D eigenvalue weighted by molar-refractivity contribution is 5.64. The van der Waals surface area contributed by atoms with Crippen molar-refractivity contribution >= 4 is 6.21 Å². The molecule has 0 radical (unpaired) electrons. The molecule has 13 heavy (non-hydrogen) atoms. The molecular weight excluding hydrogens is 160 g/mol. The Bertz CT molecular complexity index is 221. The number of rotatable bonds is 4. The zero-order valence-electron chi connectivity index (χ0n) is 8.11. The molecular formula is C11H16N2. The molecule has 0 aromatic carbocycles. The van der Waals surface area contributed by atoms with Gasteiger partial charge in [-0.2, -0.15) is 10.1 Å². The SMILES string of the molecule is C#CN1C=CC(CCCCC)C=N1. The second-order valence-corrected chi connectivity index (χ2v) is 3.24. The molecule has 0 bridgehead atoms. The maximum absolute atomic E-state index is 5.18. The van der Waals surface area contributed by atoms with Crippen LogP contribution in [0.2, 0.25) is 0 Å². The Balaban J connectivity index is 2.25. The molecule has 0 aromatic heterocycles. The standard InChI is InChI=1S/C11H16N2/c1-3-5-6-7-11-8-9-13(4-2)12-10-11/h2,8-11H,3,5-7H2,1H3. The molecule has 1 unspecified atom stereocenters. The van der Waals surface area contributed by atoms with Crippen LogP contribution in [0.4, 0.5) is 0 Å². The van der Waals surface area contributed by atoms with Gasteiger partial charge >= 0.3 is 0 Å². The Kier molecular flexibility index (Phi) is 4.11. The van der Waals surface area contributed by atoms with Gasteiger partial charge in [-0.15, -0.1) is 0 Å². The Morgan fingerprint density at radius 2 is 2.38 bits per heavy atom. The first-order valence-electron chi connectivity index (χ1n) is 4.84. The second-order valence-electron chi connectivity index (χ2n) is 3.24. The monoisotopic (exact) mass is 176 g/mol. The van der Waals surface area contributed by atoms with Gasteiger partial charge in [-0.05, 0) is 6.42 Å². The van der Waals surface area contributed by atoms with Crippen LogP contribution in [0.15, 0.2) is 17.4 Å². The minimum absolute atomic E-state index is 0.483. The maximum atomic E-state index is 5.18. The molecule has 1 rings (SSSR count). The van der Waals surface area contributed by atoms with Crippen LogP contribution in [0.3, 0.4) is 0 Å². The van der Waals surface area contributed by atoms with E-state index in [4.69, 9.17) is 6.42 Å². The van der Waals surface area contributed by atoms with Crippen molar-refractivity contribution in [2.24, 2.45) is 11.0 Å². The van der Waals surface area contributed by atoms with E-state index >= 15 is 0 Å². The Morgan fingerprint density at radius 3 is 2.92 bits per heavy atom. The van der Waals surface area contributed by atoms with Crippen molar-refractivity contribution in [2.45, 2.75) is 32.6 Å². The molecule has 2 heteroatoms. The van der Waals surface area contributed by atoms with Gasteiger partial charge in [0.2, 0.25) is 0 Å². The van der Waals surface area contributed by atoms with E-state index in [2.05, 4.69) is 24.1 Å². The quantitative estimate of drug-likeness (QED) is 0.475. The largest absolute Gasteiger partial charge is 0.198 e. The van der Waals surface area contributed by atoms with Gasteiger partial charge in [0.15, 0.2) is 0 Å². The summed E-state index contributed by atoms with van der Waals surface area (Å²) >= 11 is 0. The molecule has 2 nitrogen and oxygen atoms in total. The lowest BCUT2D eigenvalue weighted by atomic mass is 10.0. The third kappa shape index (κ3) is 3.33. The van der Waals surface area contributed by atoms with Crippen LogP contribution in [-0.2, 0) is 0 Å². The van der Waals surface area contributed by atoms with Crippen LogP contribution in [-0.4, -0.2) is 11.2 Å². The minimum Gasteiger partial charge on any atom is -0.198 e. The van der Waals surface area contributed by atoms with Gasteiger partial charge in [0.05, 0.1) is 0 Å². The van der Waals surface area contributed by atoms with E-state index in [-0.39, 0.29) is 0 Å². The van der Waals surface area contributed by atoms with Gasteiger partial charge in [-0.3, -0.25) is 0 Å². The predicted molar refractivity (Wildman–Crippen MR) is 55.9 cm³/mol. The minimum atomic E-state index is 0.483. The number of hydrogen-bond donors (Lipinski definition) is 0. The topological polar surface area (TPSA) is 15.6 Å². The fourth-order valence-electron chi connectivity index (χ4n) is 1.31. The molecule has 1 aliphatic heterocycles. The Labute approximate surface area is 80.3 Å². The van der Waals surface area contributed by atoms with E-state index in [0.29, 0.717) is 5.92 Å². The molecule has 0 aromatic rings. The first-order chi connectivity index (χ1) is 6.36. The average Bonchev–Trinajstić information content (AvgIpc) is 2.19. The summed E-state index contributed by atoms with van der Waals surface area (Å²) in [4.78, 5) is 0. The summed E-state index contributed by atoms with van der Waals surface area (Å²) in [7, 11) is 0. The van der Waals surface area contributed by atoms with E-state index in [1.165, 1.54) is 30.7 Å². The van der Waals surface area contributed by atoms with Crippen molar-refractivity contribution in [3.05, 3.63) is 12.3 Å². The smallest absolute Gasteiger partial charge is 0.0351 e. The average molecular weight is 176 g/mol. The maximum Gasteiger partial charge on any atom is 0.0351 e. The van der Waals surface area contributed by atoms with Crippen molar-refractivity contribution in [2.75, 3.05) is 0 Å². The highest BCUT2D eigenvalue weighted by Crippen LogP contribution is 2.13. The number of allylic oxidation sites excluding steroid dienone is 1. The van der Waals surface area contributed by atoms with Gasteiger partial charge in [-0.1, -0.05) is 38.7 Å². The lowest BCUT2D eigenvalue weighted by Crippen LogP contribution is -2.11. The predicted octanol–water partition coefficient (Wildman–Crippen LogP) is 2.59. The lowest BCUT2D eigenvalue weighted by molar-refractivity contribution is 0.539. The van der Waals surface area contributed by atoms with E-state index in [1.807, 2.05) is 12.4 Å². The van der Waals surface area contributed by atoms with Crippen molar-refractivity contribution < 1.29 is 0 Å². The molecule has 0 amide bonds. The van der Waals surface area contributed by atoms with Crippen LogP contribution in [0, 0.1) is 18.4 Å². The van der Waals surface area contributed by atoms with Gasteiger partial charge in [0.25, 0.3) is 0 Å². The fourth-order valence-corrected chi connectivity index (χ4v) is 1.31. The third-order valence-corrected chi connectivity index (χ3v) is 2.13. The first kappa shape index (κ1) is 9.85. The summed E-state index contributed by atoms with van der Waals surface area (Å²) in [6, 6.07) is 2.44. The van der Waals surface area contributed by atoms with Crippen molar-refractivity contribution in [3.8, 4) is 12.5 Å². The molecule has 0 saturated carbocycles. The highest BCUT2D eigenvalue weighted by atomic mass is 15.4. The molecule has 1 heterocycles. The van der Waals surface area contributed by atoms with Gasteiger partial charge in [0.1, 0.15) is 0 Å². The molecule has 0 saturated heterocycles. The lowest BCUT2D eigenvalue weighted by Gasteiger charge is -2.14. The van der Waals surface area contributed by atoms with Crippen LogP contribution >= 0.6 is 0 Å². The van der Waals surface area contributed by atoms with Crippen molar-refractivity contribution in [3.63, 3.8) is 0 Å². The fraction of sp³-hybridized carbons (Fsp3) is 0.545. The van der Waals surface area contributed by atoms with E-state index in [0.717, 1.165) is 0 Å². The summed E-state index contributed by atoms with van der Waals surface area (Å²) < 4.78 is 0. The third-order valence-electron chi connectivity index (χ3n) is 2.13. The number of unbranched alkanes of at least 4 members (excludes halogenated alkanes) is 2. The normalized spacial score (nSPS) is 20.3. The zero-order chi connectivity index (χ0) is 9.52. The van der Waals surface area contributed by atoms with Gasteiger partial charge < -0.3 is 0 Å². The highest BCUT2D eigenvalue weighted by Gasteiger charge is 2.05. The van der Waals surface area contributed by atoms with E-state index in [1.54, 1.807) is 0 Å². The van der Waals surface area contributed by atoms with Crippen LogP contribution in [0.25, 0.3) is 0 Å². The molecule has 0 N–H and O–H groups in total. The zero-order valence-corrected chi connectivity index (χ0v) is 8.11. The summed E-state index contributed by atoms with van der Waals surface area (Å²) in [5.41, 5.74) is 0. The van der Waals surface area contributed by atoms with E-state index in [9.17, 15) is 0 Å². The van der Waals surface area contributed by atoms with Crippen molar-refractivity contribution in [1.29, 1.82) is 0 Å². The van der Waals surface area contributed by atoms with Crippen molar-refractivity contribution in [1.82, 2.24) is 5.01 Å². The molecule has 0 spiro atoms. The van der Waals surface area contributed by atoms with Crippen LogP contribution < -0.4 is 0 Å². The summed E-state index contributed by atoms with van der Waals surface area (Å²) in [6.45, 7) is 2.21. The molecule has 1 aliphatic rings. The number of nitrogens with zero attached hydrogens (tertiary/aromatic N) is 2. The summed E-state index contributed by atoms with van der Waals surface area (Å²) in [5.74, 6) is 0.483. The van der Waals surface area contributed by atoms with Crippen LogP contribution in [0.1, 0.15) is 32.6 Å². The summed E-state index contributed by atoms with van der Waals surface area (Å²) in [5, 5.41) is 5.59. The Morgan fingerprint density at radius 1 is 1.54 bits per heavy atom. The number of terminal acetylenes is 1. The van der Waals surface area contributed by atoms with Crippen LogP contribution in [0.5, 0.6) is 0 Å². The summed E-state index contributed by atoms with van der Waals surface area (Å²) in [6.07, 6.45) is 16.1. The van der Waals surface area contributed by atoms with Gasteiger partial charge in [-0.25, -0.2) is 0 Å². The van der Waals surface area contributed by atoms with Gasteiger partial charge in [0, 0.05) is 24.4 Å². The van der Waals surface area contributed by atoms with E-state index < -0.39 is 0 Å². The number of hydrazone groups is 1. The number of hydrogen-bond acceptors (Lipinski definition) is 2. The first-order valence-corrected chi connectivity index (χ1v) is 4.84.